The summed E-state index contributed by atoms with van der Waals surface area (Å²) in [7, 11) is 0. The fourth-order valence-corrected chi connectivity index (χ4v) is 1.37. The molecule has 0 spiro atoms. The minimum atomic E-state index is -0.691. The van der Waals surface area contributed by atoms with Crippen molar-refractivity contribution in [3.05, 3.63) is 29.6 Å². The van der Waals surface area contributed by atoms with Crippen LogP contribution in [0.1, 0.15) is 18.9 Å². The molecule has 0 bridgehead atoms. The summed E-state index contributed by atoms with van der Waals surface area (Å²) in [6.07, 6.45) is 0.441. The van der Waals surface area contributed by atoms with Gasteiger partial charge < -0.3 is 5.32 Å². The fraction of sp³-hybridized carbons (Fsp3) is 0.333. The molecule has 0 aliphatic carbocycles. The fourth-order valence-electron chi connectivity index (χ4n) is 1.37. The lowest BCUT2D eigenvalue weighted by atomic mass is 10.1. The number of carbonyl (C=O) groups is 1. The molecule has 0 saturated carbocycles. The van der Waals surface area contributed by atoms with Crippen molar-refractivity contribution in [3.8, 4) is 6.07 Å². The number of hydrogen-bond acceptors (Lipinski definition) is 2. The van der Waals surface area contributed by atoms with Crippen molar-refractivity contribution in [2.24, 2.45) is 5.92 Å². The van der Waals surface area contributed by atoms with Gasteiger partial charge in [-0.15, -0.1) is 0 Å². The van der Waals surface area contributed by atoms with Crippen LogP contribution in [0.4, 0.5) is 10.1 Å². The lowest BCUT2D eigenvalue weighted by molar-refractivity contribution is -0.118. The molecule has 3 nitrogen and oxygen atoms in total. The zero-order valence-electron chi connectivity index (χ0n) is 9.25. The molecule has 1 unspecified atom stereocenters. The molecule has 0 aliphatic heterocycles. The van der Waals surface area contributed by atoms with E-state index in [-0.39, 0.29) is 0 Å². The summed E-state index contributed by atoms with van der Waals surface area (Å²) in [5.74, 6) is -1.49. The highest BCUT2D eigenvalue weighted by Crippen LogP contribution is 2.14. The van der Waals surface area contributed by atoms with E-state index in [9.17, 15) is 9.18 Å². The molecule has 1 atom stereocenters. The highest BCUT2D eigenvalue weighted by atomic mass is 19.1. The number of nitrogens with one attached hydrogen (secondary N) is 1. The lowest BCUT2D eigenvalue weighted by Gasteiger charge is -2.08. The van der Waals surface area contributed by atoms with Crippen LogP contribution < -0.4 is 5.32 Å². The van der Waals surface area contributed by atoms with Gasteiger partial charge in [0.1, 0.15) is 11.7 Å². The average molecular weight is 220 g/mol. The Bertz CT molecular complexity index is 417. The standard InChI is InChI=1S/C12H13FN2O/c1-3-9(7-14)12(16)15-11-5-8(2)4-10(13)6-11/h4-6,9H,3H2,1-2H3,(H,15,16). The molecular formula is C12H13FN2O. The van der Waals surface area contributed by atoms with E-state index < -0.39 is 17.6 Å². The average Bonchev–Trinajstić information content (AvgIpc) is 2.17. The van der Waals surface area contributed by atoms with Gasteiger partial charge in [0.2, 0.25) is 5.91 Å². The van der Waals surface area contributed by atoms with Crippen molar-refractivity contribution >= 4 is 11.6 Å². The Morgan fingerprint density at radius 2 is 2.25 bits per heavy atom. The number of nitriles is 1. The number of carbonyl (C=O) groups excluding carboxylic acids is 1. The first kappa shape index (κ1) is 12.2. The molecule has 0 saturated heterocycles. The first-order chi connectivity index (χ1) is 7.56. The van der Waals surface area contributed by atoms with Crippen molar-refractivity contribution < 1.29 is 9.18 Å². The zero-order valence-corrected chi connectivity index (χ0v) is 9.25. The van der Waals surface area contributed by atoms with Crippen LogP contribution in [-0.4, -0.2) is 5.91 Å². The molecule has 16 heavy (non-hydrogen) atoms. The Labute approximate surface area is 93.9 Å². The van der Waals surface area contributed by atoms with Crippen molar-refractivity contribution in [3.63, 3.8) is 0 Å². The number of anilines is 1. The second-order valence-electron chi connectivity index (χ2n) is 3.60. The summed E-state index contributed by atoms with van der Waals surface area (Å²) in [6, 6.07) is 6.16. The molecular weight excluding hydrogens is 207 g/mol. The van der Waals surface area contributed by atoms with E-state index in [4.69, 9.17) is 5.26 Å². The van der Waals surface area contributed by atoms with Gasteiger partial charge in [0.25, 0.3) is 0 Å². The molecule has 1 aromatic rings. The number of nitrogens with zero attached hydrogens (tertiary/aromatic N) is 1. The number of halogens is 1. The Kier molecular flexibility index (Phi) is 4.01. The predicted molar refractivity (Wildman–Crippen MR) is 59.2 cm³/mol. The number of benzene rings is 1. The summed E-state index contributed by atoms with van der Waals surface area (Å²) < 4.78 is 13.0. The van der Waals surface area contributed by atoms with Crippen molar-refractivity contribution in [1.82, 2.24) is 0 Å². The van der Waals surface area contributed by atoms with Crippen molar-refractivity contribution in [1.29, 1.82) is 5.26 Å². The molecule has 0 aliphatic rings. The van der Waals surface area contributed by atoms with E-state index in [0.29, 0.717) is 12.1 Å². The Balaban J connectivity index is 2.81. The maximum absolute atomic E-state index is 13.0. The predicted octanol–water partition coefficient (Wildman–Crippen LogP) is 2.62. The van der Waals surface area contributed by atoms with Crippen LogP contribution >= 0.6 is 0 Å². The highest BCUT2D eigenvalue weighted by Gasteiger charge is 2.15. The summed E-state index contributed by atoms with van der Waals surface area (Å²) >= 11 is 0. The molecule has 1 rings (SSSR count). The van der Waals surface area contributed by atoms with Gasteiger partial charge in [-0.1, -0.05) is 6.92 Å². The zero-order chi connectivity index (χ0) is 12.1. The SMILES string of the molecule is CCC(C#N)C(=O)Nc1cc(C)cc(F)c1. The quantitative estimate of drug-likeness (QED) is 0.851. The van der Waals surface area contributed by atoms with Crippen LogP contribution in [0.5, 0.6) is 0 Å². The minimum absolute atomic E-state index is 0.385. The van der Waals surface area contributed by atoms with Crippen molar-refractivity contribution in [2.45, 2.75) is 20.3 Å². The van der Waals surface area contributed by atoms with E-state index >= 15 is 0 Å². The molecule has 4 heteroatoms. The molecule has 0 heterocycles. The minimum Gasteiger partial charge on any atom is -0.325 e. The van der Waals surface area contributed by atoms with Gasteiger partial charge in [-0.05, 0) is 37.1 Å². The third kappa shape index (κ3) is 3.06. The summed E-state index contributed by atoms with van der Waals surface area (Å²) in [4.78, 5) is 11.5. The second kappa shape index (κ2) is 5.26. The summed E-state index contributed by atoms with van der Waals surface area (Å²) in [5.41, 5.74) is 1.11. The van der Waals surface area contributed by atoms with E-state index in [0.717, 1.165) is 5.56 Å². The number of amides is 1. The maximum Gasteiger partial charge on any atom is 0.241 e. The van der Waals surface area contributed by atoms with E-state index in [1.54, 1.807) is 19.9 Å². The second-order valence-corrected chi connectivity index (χ2v) is 3.60. The Morgan fingerprint density at radius 3 is 2.75 bits per heavy atom. The molecule has 1 aromatic carbocycles. The van der Waals surface area contributed by atoms with Crippen LogP contribution in [0, 0.1) is 30.0 Å². The lowest BCUT2D eigenvalue weighted by Crippen LogP contribution is -2.21. The van der Waals surface area contributed by atoms with Gasteiger partial charge in [0.05, 0.1) is 6.07 Å². The van der Waals surface area contributed by atoms with Gasteiger partial charge in [-0.3, -0.25) is 4.79 Å². The van der Waals surface area contributed by atoms with E-state index in [2.05, 4.69) is 5.32 Å². The van der Waals surface area contributed by atoms with Gasteiger partial charge in [0, 0.05) is 5.69 Å². The molecule has 0 aromatic heterocycles. The van der Waals surface area contributed by atoms with E-state index in [1.807, 2.05) is 6.07 Å². The maximum atomic E-state index is 13.0. The highest BCUT2D eigenvalue weighted by molar-refractivity contribution is 5.94. The molecule has 1 N–H and O–H groups in total. The van der Waals surface area contributed by atoms with Crippen molar-refractivity contribution in [2.75, 3.05) is 5.32 Å². The van der Waals surface area contributed by atoms with Crippen LogP contribution in [0.25, 0.3) is 0 Å². The topological polar surface area (TPSA) is 52.9 Å². The molecule has 0 fully saturated rings. The Morgan fingerprint density at radius 1 is 1.56 bits per heavy atom. The van der Waals surface area contributed by atoms with Crippen LogP contribution in [0.2, 0.25) is 0 Å². The Hall–Kier alpha value is -1.89. The first-order valence-corrected chi connectivity index (χ1v) is 5.04. The van der Waals surface area contributed by atoms with Crippen LogP contribution in [-0.2, 0) is 4.79 Å². The smallest absolute Gasteiger partial charge is 0.241 e. The van der Waals surface area contributed by atoms with Crippen LogP contribution in [0.15, 0.2) is 18.2 Å². The molecule has 84 valence electrons. The van der Waals surface area contributed by atoms with Gasteiger partial charge in [0.15, 0.2) is 0 Å². The normalized spacial score (nSPS) is 11.6. The van der Waals surface area contributed by atoms with Gasteiger partial charge in [-0.2, -0.15) is 5.26 Å². The van der Waals surface area contributed by atoms with Gasteiger partial charge >= 0.3 is 0 Å². The first-order valence-electron chi connectivity index (χ1n) is 5.04. The molecule has 0 radical (unpaired) electrons. The van der Waals surface area contributed by atoms with Gasteiger partial charge in [-0.25, -0.2) is 4.39 Å². The third-order valence-electron chi connectivity index (χ3n) is 2.19. The number of hydrogen-bond donors (Lipinski definition) is 1. The number of rotatable bonds is 3. The number of aryl methyl sites for hydroxylation is 1. The largest absolute Gasteiger partial charge is 0.325 e. The summed E-state index contributed by atoms with van der Waals surface area (Å²) in [5, 5.41) is 11.2. The molecule has 1 amide bonds. The third-order valence-corrected chi connectivity index (χ3v) is 2.19. The van der Waals surface area contributed by atoms with E-state index in [1.165, 1.54) is 12.1 Å². The van der Waals surface area contributed by atoms with Crippen LogP contribution in [0.3, 0.4) is 0 Å². The monoisotopic (exact) mass is 220 g/mol. The summed E-state index contributed by atoms with van der Waals surface area (Å²) in [6.45, 7) is 3.49.